The van der Waals surface area contributed by atoms with Crippen molar-refractivity contribution in [3.8, 4) is 0 Å². The van der Waals surface area contributed by atoms with Gasteiger partial charge in [-0.1, -0.05) is 0 Å². The first kappa shape index (κ1) is 20.6. The summed E-state index contributed by atoms with van der Waals surface area (Å²) in [6.45, 7) is 3.33. The van der Waals surface area contributed by atoms with Crippen molar-refractivity contribution in [3.05, 3.63) is 6.92 Å². The maximum Gasteiger partial charge on any atom is 1.00 e. The van der Waals surface area contributed by atoms with Crippen molar-refractivity contribution in [2.45, 2.75) is 12.5 Å². The standard InChI is InChI=1S/C3H9O3Si.CH5O4P.Na/c1-2-3-7(4,5)6;1-5-6(2,3)4;/h4-6H,1-3H2;1H3,(H2,2,3,4);/q-1;;+1. The zero-order valence-electron chi connectivity index (χ0n) is 8.12. The Labute approximate surface area is 106 Å². The van der Waals surface area contributed by atoms with E-state index in [1.165, 1.54) is 0 Å². The van der Waals surface area contributed by atoms with Crippen LogP contribution in [0.15, 0.2) is 0 Å². The maximum absolute atomic E-state index is 9.47. The molecule has 0 aromatic rings. The molecular weight excluding hydrogens is 242 g/mol. The van der Waals surface area contributed by atoms with Crippen LogP contribution in [0.5, 0.6) is 0 Å². The van der Waals surface area contributed by atoms with Gasteiger partial charge in [-0.2, -0.15) is 6.42 Å². The molecule has 0 aliphatic rings. The van der Waals surface area contributed by atoms with Crippen LogP contribution >= 0.6 is 7.82 Å². The van der Waals surface area contributed by atoms with E-state index < -0.39 is 16.6 Å². The van der Waals surface area contributed by atoms with Crippen LogP contribution in [0.2, 0.25) is 6.04 Å². The van der Waals surface area contributed by atoms with Crippen LogP contribution in [0.25, 0.3) is 0 Å². The molecule has 0 amide bonds. The van der Waals surface area contributed by atoms with E-state index >= 15 is 0 Å². The topological polar surface area (TPSA) is 127 Å². The van der Waals surface area contributed by atoms with Gasteiger partial charge >= 0.3 is 46.2 Å². The molecule has 0 rings (SSSR count). The van der Waals surface area contributed by atoms with Crippen LogP contribution in [0.4, 0.5) is 0 Å². The van der Waals surface area contributed by atoms with Gasteiger partial charge in [0, 0.05) is 7.11 Å². The molecule has 0 aromatic heterocycles. The summed E-state index contributed by atoms with van der Waals surface area (Å²) in [6, 6.07) is 0.0347. The minimum absolute atomic E-state index is 0. The third kappa shape index (κ3) is 29.2. The second kappa shape index (κ2) is 9.43. The predicted molar refractivity (Wildman–Crippen MR) is 46.2 cm³/mol. The molecule has 0 aliphatic heterocycles. The average molecular weight is 256 g/mol. The summed E-state index contributed by atoms with van der Waals surface area (Å²) < 4.78 is 13.1. The minimum atomic E-state index is -4.15. The summed E-state index contributed by atoms with van der Waals surface area (Å²) in [6.07, 6.45) is 0.371. The molecule has 82 valence electrons. The zero-order chi connectivity index (χ0) is 11.1. The van der Waals surface area contributed by atoms with Crippen molar-refractivity contribution >= 4 is 16.6 Å². The Kier molecular flexibility index (Phi) is 13.9. The zero-order valence-corrected chi connectivity index (χ0v) is 12.0. The van der Waals surface area contributed by atoms with Gasteiger partial charge in [-0.25, -0.2) is 4.57 Å². The molecule has 10 heteroatoms. The molecule has 0 aliphatic carbocycles. The van der Waals surface area contributed by atoms with Gasteiger partial charge in [-0.15, -0.1) is 0 Å². The molecule has 0 spiro atoms. The molecule has 0 heterocycles. The summed E-state index contributed by atoms with van der Waals surface area (Å²) in [7, 11) is -6.92. The van der Waals surface area contributed by atoms with Gasteiger partial charge in [0.15, 0.2) is 0 Å². The molecule has 0 bridgehead atoms. The first-order valence-electron chi connectivity index (χ1n) is 3.20. The van der Waals surface area contributed by atoms with Crippen LogP contribution in [0.1, 0.15) is 6.42 Å². The number of hydrogen-bond acceptors (Lipinski definition) is 5. The number of hydrogen-bond donors (Lipinski definition) is 5. The van der Waals surface area contributed by atoms with Gasteiger partial charge in [0.2, 0.25) is 0 Å². The molecule has 0 saturated carbocycles. The Balaban J connectivity index is -0.000000163. The summed E-state index contributed by atoms with van der Waals surface area (Å²) in [4.78, 5) is 40.1. The molecule has 5 N–H and O–H groups in total. The summed E-state index contributed by atoms with van der Waals surface area (Å²) in [5.74, 6) is 0. The number of phosphoric ester groups is 1. The molecule has 0 fully saturated rings. The Morgan fingerprint density at radius 2 is 1.64 bits per heavy atom. The van der Waals surface area contributed by atoms with Crippen LogP contribution in [-0.2, 0) is 9.09 Å². The van der Waals surface area contributed by atoms with E-state index in [1.54, 1.807) is 0 Å². The minimum Gasteiger partial charge on any atom is -0.390 e. The van der Waals surface area contributed by atoms with Crippen molar-refractivity contribution in [2.24, 2.45) is 0 Å². The predicted octanol–water partition coefficient (Wildman–Crippen LogP) is -4.14. The van der Waals surface area contributed by atoms with E-state index in [-0.39, 0.29) is 35.6 Å². The van der Waals surface area contributed by atoms with Crippen molar-refractivity contribution < 1.29 is 62.8 Å². The molecule has 0 unspecified atom stereocenters. The van der Waals surface area contributed by atoms with Crippen LogP contribution in [-0.4, -0.2) is 40.1 Å². The molecular formula is C4H14NaO7PSi. The fraction of sp³-hybridized carbons (Fsp3) is 0.750. The van der Waals surface area contributed by atoms with E-state index in [1.807, 2.05) is 0 Å². The Morgan fingerprint density at radius 3 is 1.64 bits per heavy atom. The molecule has 0 aromatic carbocycles. The molecule has 14 heavy (non-hydrogen) atoms. The van der Waals surface area contributed by atoms with Gasteiger partial charge in [0.1, 0.15) is 0 Å². The smallest absolute Gasteiger partial charge is 0.390 e. The molecule has 0 saturated heterocycles. The van der Waals surface area contributed by atoms with E-state index in [0.717, 1.165) is 7.11 Å². The van der Waals surface area contributed by atoms with Crippen molar-refractivity contribution in [3.63, 3.8) is 0 Å². The fourth-order valence-electron chi connectivity index (χ4n) is 0.237. The van der Waals surface area contributed by atoms with Crippen molar-refractivity contribution in [1.29, 1.82) is 0 Å². The van der Waals surface area contributed by atoms with Crippen LogP contribution in [0.3, 0.4) is 0 Å². The first-order valence-corrected chi connectivity index (χ1v) is 6.78. The molecule has 7 nitrogen and oxygen atoms in total. The second-order valence-electron chi connectivity index (χ2n) is 2.05. The average Bonchev–Trinajstić information content (AvgIpc) is 1.84. The van der Waals surface area contributed by atoms with E-state index in [0.29, 0.717) is 6.42 Å². The van der Waals surface area contributed by atoms with Gasteiger partial charge < -0.3 is 31.1 Å². The number of phosphoric acid groups is 1. The summed E-state index contributed by atoms with van der Waals surface area (Å²) >= 11 is 0. The Bertz CT molecular complexity index is 166. The third-order valence-electron chi connectivity index (χ3n) is 0.750. The van der Waals surface area contributed by atoms with E-state index in [4.69, 9.17) is 24.2 Å². The monoisotopic (exact) mass is 256 g/mol. The Hall–Kier alpha value is 1.21. The summed E-state index contributed by atoms with van der Waals surface area (Å²) in [5.41, 5.74) is 0. The van der Waals surface area contributed by atoms with E-state index in [9.17, 15) is 4.57 Å². The SMILES string of the molecule is COP(=O)(O)O.[CH2-]CC[Si](O)(O)O.[Na+]. The fourth-order valence-corrected chi connectivity index (χ4v) is 0.712. The van der Waals surface area contributed by atoms with Gasteiger partial charge in [0.25, 0.3) is 0 Å². The summed E-state index contributed by atoms with van der Waals surface area (Å²) in [5, 5.41) is 0. The normalized spacial score (nSPS) is 11.1. The van der Waals surface area contributed by atoms with Crippen molar-refractivity contribution in [1.82, 2.24) is 0 Å². The Morgan fingerprint density at radius 1 is 1.36 bits per heavy atom. The third-order valence-corrected chi connectivity index (χ3v) is 2.25. The number of rotatable bonds is 3. The first-order chi connectivity index (χ1) is 5.62. The molecule has 0 atom stereocenters. The van der Waals surface area contributed by atoms with Crippen molar-refractivity contribution in [2.75, 3.05) is 7.11 Å². The molecule has 0 radical (unpaired) electrons. The van der Waals surface area contributed by atoms with Crippen LogP contribution < -0.4 is 29.6 Å². The van der Waals surface area contributed by atoms with Gasteiger partial charge in [-0.3, -0.25) is 4.52 Å². The van der Waals surface area contributed by atoms with Crippen LogP contribution in [0, 0.1) is 6.92 Å². The van der Waals surface area contributed by atoms with Gasteiger partial charge in [-0.05, 0) is 6.04 Å². The maximum atomic E-state index is 9.47. The largest absolute Gasteiger partial charge is 1.00 e. The quantitative estimate of drug-likeness (QED) is 0.197. The van der Waals surface area contributed by atoms with Gasteiger partial charge in [0.05, 0.1) is 0 Å². The second-order valence-corrected chi connectivity index (χ2v) is 5.45. The van der Waals surface area contributed by atoms with E-state index in [2.05, 4.69) is 11.4 Å².